The van der Waals surface area contributed by atoms with Crippen LogP contribution in [-0.4, -0.2) is 60.9 Å². The van der Waals surface area contributed by atoms with Crippen molar-refractivity contribution in [3.8, 4) is 0 Å². The summed E-state index contributed by atoms with van der Waals surface area (Å²) in [4.78, 5) is 27.5. The molecule has 2 aliphatic heterocycles. The summed E-state index contributed by atoms with van der Waals surface area (Å²) in [6.45, 7) is 5.53. The molecule has 0 bridgehead atoms. The summed E-state index contributed by atoms with van der Waals surface area (Å²) in [7, 11) is 1.31. The largest absolute Gasteiger partial charge is 0.467 e. The Bertz CT molecular complexity index is 1360. The van der Waals surface area contributed by atoms with E-state index in [0.29, 0.717) is 6.42 Å². The number of urea groups is 1. The highest BCUT2D eigenvalue weighted by Gasteiger charge is 2.39. The van der Waals surface area contributed by atoms with Crippen molar-refractivity contribution >= 4 is 12.0 Å². The van der Waals surface area contributed by atoms with Crippen molar-refractivity contribution in [2.45, 2.75) is 70.3 Å². The van der Waals surface area contributed by atoms with Gasteiger partial charge in [0.2, 0.25) is 0 Å². The van der Waals surface area contributed by atoms with E-state index >= 15 is 0 Å². The summed E-state index contributed by atoms with van der Waals surface area (Å²) in [5.74, 6) is -0.359. The second-order valence-corrected chi connectivity index (χ2v) is 12.0. The van der Waals surface area contributed by atoms with Crippen molar-refractivity contribution in [2.24, 2.45) is 5.92 Å². The number of rotatable bonds is 11. The van der Waals surface area contributed by atoms with E-state index in [0.717, 1.165) is 47.5 Å². The molecule has 0 unspecified atom stereocenters. The summed E-state index contributed by atoms with van der Waals surface area (Å²) in [5, 5.41) is 15.1. The van der Waals surface area contributed by atoms with Crippen LogP contribution in [-0.2, 0) is 38.6 Å². The van der Waals surface area contributed by atoms with E-state index in [1.807, 2.05) is 78.9 Å². The molecule has 2 amide bonds. The number of aliphatic hydroxyl groups is 1. The number of esters is 1. The SMILES string of the molecule is COC(=O)[C@H](Cc1ccccc1)NC(=O)NCc1ccc([C@H]2O[C@@H](CN3CCCCC3)[C@@H](C)[C@@H](c3ccc(CO)cc3)O2)cc1. The Morgan fingerprint density at radius 2 is 1.56 bits per heavy atom. The molecule has 0 spiro atoms. The predicted octanol–water partition coefficient (Wildman–Crippen LogP) is 5.04. The van der Waals surface area contributed by atoms with Gasteiger partial charge in [0.1, 0.15) is 6.04 Å². The van der Waals surface area contributed by atoms with Gasteiger partial charge in [-0.05, 0) is 48.2 Å². The number of aliphatic hydroxyl groups excluding tert-OH is 1. The van der Waals surface area contributed by atoms with Gasteiger partial charge in [-0.1, -0.05) is 92.2 Å². The predicted molar refractivity (Wildman–Crippen MR) is 171 cm³/mol. The smallest absolute Gasteiger partial charge is 0.328 e. The highest BCUT2D eigenvalue weighted by atomic mass is 16.7. The monoisotopic (exact) mass is 615 g/mol. The molecule has 9 heteroatoms. The van der Waals surface area contributed by atoms with Crippen molar-refractivity contribution in [3.63, 3.8) is 0 Å². The van der Waals surface area contributed by atoms with Crippen LogP contribution in [0.3, 0.4) is 0 Å². The van der Waals surface area contributed by atoms with E-state index < -0.39 is 24.3 Å². The first kappa shape index (κ1) is 32.6. The van der Waals surface area contributed by atoms with Crippen LogP contribution in [0, 0.1) is 5.92 Å². The van der Waals surface area contributed by atoms with E-state index in [2.05, 4.69) is 22.5 Å². The van der Waals surface area contributed by atoms with Crippen molar-refractivity contribution in [2.75, 3.05) is 26.7 Å². The van der Waals surface area contributed by atoms with Gasteiger partial charge in [-0.3, -0.25) is 0 Å². The molecule has 0 aliphatic carbocycles. The Morgan fingerprint density at radius 1 is 0.889 bits per heavy atom. The molecule has 45 heavy (non-hydrogen) atoms. The molecule has 5 atom stereocenters. The highest BCUT2D eigenvalue weighted by Crippen LogP contribution is 2.42. The zero-order valence-corrected chi connectivity index (χ0v) is 26.2. The molecule has 9 nitrogen and oxygen atoms in total. The summed E-state index contributed by atoms with van der Waals surface area (Å²) in [6, 6.07) is 24.1. The standard InChI is InChI=1S/C36H45N3O6/c1-25-32(23-39-19-7-4-8-20-39)44-35(45-33(25)29-15-13-28(24-40)14-16-29)30-17-11-27(12-18-30)22-37-36(42)38-31(34(41)43-2)21-26-9-5-3-6-10-26/h3,5-6,9-18,25,31-33,35,40H,4,7-8,19-24H2,1-2H3,(H2,37,38,42)/t25-,31+,32+,33+,35+/m1/s1. The fourth-order valence-corrected chi connectivity index (χ4v) is 6.09. The lowest BCUT2D eigenvalue weighted by atomic mass is 9.89. The highest BCUT2D eigenvalue weighted by molar-refractivity contribution is 5.83. The van der Waals surface area contributed by atoms with Gasteiger partial charge in [0, 0.05) is 31.0 Å². The third-order valence-corrected chi connectivity index (χ3v) is 8.79. The van der Waals surface area contributed by atoms with Crippen molar-refractivity contribution in [1.29, 1.82) is 0 Å². The Kier molecular flexibility index (Phi) is 11.6. The van der Waals surface area contributed by atoms with E-state index in [1.54, 1.807) is 0 Å². The van der Waals surface area contributed by atoms with Crippen LogP contribution < -0.4 is 10.6 Å². The fraction of sp³-hybridized carbons (Fsp3) is 0.444. The van der Waals surface area contributed by atoms with Gasteiger partial charge < -0.3 is 34.9 Å². The van der Waals surface area contributed by atoms with Crippen molar-refractivity contribution in [3.05, 3.63) is 107 Å². The number of nitrogens with zero attached hydrogens (tertiary/aromatic N) is 1. The van der Waals surface area contributed by atoms with Gasteiger partial charge in [0.05, 0.1) is 25.9 Å². The summed E-state index contributed by atoms with van der Waals surface area (Å²) in [6.07, 6.45) is 3.35. The molecule has 240 valence electrons. The molecule has 3 aromatic carbocycles. The number of carbonyl (C=O) groups excluding carboxylic acids is 2. The number of carbonyl (C=O) groups is 2. The number of hydrogen-bond donors (Lipinski definition) is 3. The van der Waals surface area contributed by atoms with Crippen molar-refractivity contribution < 1.29 is 28.9 Å². The first-order valence-corrected chi connectivity index (χ1v) is 15.9. The molecule has 2 heterocycles. The lowest BCUT2D eigenvalue weighted by molar-refractivity contribution is -0.276. The maximum absolute atomic E-state index is 12.7. The zero-order valence-electron chi connectivity index (χ0n) is 26.2. The van der Waals surface area contributed by atoms with Gasteiger partial charge in [-0.15, -0.1) is 0 Å². The number of ether oxygens (including phenoxy) is 3. The summed E-state index contributed by atoms with van der Waals surface area (Å²) < 4.78 is 18.1. The topological polar surface area (TPSA) is 109 Å². The van der Waals surface area contributed by atoms with Gasteiger partial charge in [-0.2, -0.15) is 0 Å². The molecule has 3 N–H and O–H groups in total. The minimum Gasteiger partial charge on any atom is -0.467 e. The fourth-order valence-electron chi connectivity index (χ4n) is 6.09. The van der Waals surface area contributed by atoms with Crippen LogP contribution in [0.5, 0.6) is 0 Å². The quantitative estimate of drug-likeness (QED) is 0.260. The molecule has 2 fully saturated rings. The van der Waals surface area contributed by atoms with Crippen LogP contribution >= 0.6 is 0 Å². The van der Waals surface area contributed by atoms with Gasteiger partial charge in [-0.25, -0.2) is 9.59 Å². The second kappa shape index (κ2) is 16.0. The zero-order chi connectivity index (χ0) is 31.6. The molecular formula is C36H45N3O6. The number of likely N-dealkylation sites (tertiary alicyclic amines) is 1. The van der Waals surface area contributed by atoms with Crippen molar-refractivity contribution in [1.82, 2.24) is 15.5 Å². The third-order valence-electron chi connectivity index (χ3n) is 8.79. The lowest BCUT2D eigenvalue weighted by Gasteiger charge is -2.43. The first-order valence-electron chi connectivity index (χ1n) is 15.9. The average Bonchev–Trinajstić information content (AvgIpc) is 3.09. The molecule has 3 aromatic rings. The van der Waals surface area contributed by atoms with E-state index in [4.69, 9.17) is 14.2 Å². The number of benzene rings is 3. The Hall–Kier alpha value is -3.76. The average molecular weight is 616 g/mol. The molecule has 5 rings (SSSR count). The first-order chi connectivity index (χ1) is 21.9. The maximum Gasteiger partial charge on any atom is 0.328 e. The number of amides is 2. The Morgan fingerprint density at radius 3 is 2.22 bits per heavy atom. The molecule has 0 saturated carbocycles. The lowest BCUT2D eigenvalue weighted by Crippen LogP contribution is -2.47. The number of nitrogens with one attached hydrogen (secondary N) is 2. The van der Waals surface area contributed by atoms with Crippen LogP contribution in [0.25, 0.3) is 0 Å². The van der Waals surface area contributed by atoms with Crippen LogP contribution in [0.2, 0.25) is 0 Å². The summed E-state index contributed by atoms with van der Waals surface area (Å²) in [5.41, 5.74) is 4.67. The normalized spacial score (nSPS) is 22.7. The summed E-state index contributed by atoms with van der Waals surface area (Å²) >= 11 is 0. The molecule has 2 saturated heterocycles. The van der Waals surface area contributed by atoms with E-state index in [-0.39, 0.29) is 31.3 Å². The third kappa shape index (κ3) is 8.92. The number of hydrogen-bond acceptors (Lipinski definition) is 7. The van der Waals surface area contributed by atoms with E-state index in [1.165, 1.54) is 26.4 Å². The van der Waals surface area contributed by atoms with E-state index in [9.17, 15) is 14.7 Å². The number of piperidine rings is 1. The second-order valence-electron chi connectivity index (χ2n) is 12.0. The van der Waals surface area contributed by atoms with Crippen LogP contribution in [0.1, 0.15) is 66.4 Å². The Labute approximate surface area is 265 Å². The Balaban J connectivity index is 1.23. The van der Waals surface area contributed by atoms with Gasteiger partial charge in [0.15, 0.2) is 6.29 Å². The minimum absolute atomic E-state index is 0.00644. The van der Waals surface area contributed by atoms with Gasteiger partial charge >= 0.3 is 12.0 Å². The molecule has 0 radical (unpaired) electrons. The van der Waals surface area contributed by atoms with Crippen LogP contribution in [0.4, 0.5) is 4.79 Å². The van der Waals surface area contributed by atoms with Gasteiger partial charge in [0.25, 0.3) is 0 Å². The molecular weight excluding hydrogens is 570 g/mol. The molecule has 2 aliphatic rings. The number of methoxy groups -OCH3 is 1. The molecule has 0 aromatic heterocycles. The minimum atomic E-state index is -0.798. The maximum atomic E-state index is 12.7. The van der Waals surface area contributed by atoms with Crippen LogP contribution in [0.15, 0.2) is 78.9 Å².